The molecule has 3 N–H and O–H groups in total. The Morgan fingerprint density at radius 2 is 2.08 bits per heavy atom. The highest BCUT2D eigenvalue weighted by Gasteiger charge is 2.23. The molecule has 1 aliphatic rings. The minimum Gasteiger partial charge on any atom is -0.383 e. The number of thiophene rings is 1. The van der Waals surface area contributed by atoms with Crippen molar-refractivity contribution in [3.05, 3.63) is 22.4 Å². The van der Waals surface area contributed by atoms with Crippen LogP contribution in [0, 0.1) is 5.92 Å². The molecule has 0 radical (unpaired) electrons. The summed E-state index contributed by atoms with van der Waals surface area (Å²) in [5.41, 5.74) is -0.0149. The molecule has 0 aromatic carbocycles. The van der Waals surface area contributed by atoms with Gasteiger partial charge in [0.2, 0.25) is 0 Å². The molecule has 1 aromatic rings. The molecule has 2 rings (SSSR count). The summed E-state index contributed by atoms with van der Waals surface area (Å²) >= 11 is 1.59. The molecule has 0 aliphatic carbocycles. The number of hydrogen-bond donors (Lipinski definition) is 3. The lowest BCUT2D eigenvalue weighted by Crippen LogP contribution is -2.47. The normalized spacial score (nSPS) is 20.6. The molecule has 7 heteroatoms. The average Bonchev–Trinajstić information content (AvgIpc) is 3.15. The molecule has 1 saturated heterocycles. The van der Waals surface area contributed by atoms with Gasteiger partial charge in [0, 0.05) is 45.8 Å². The van der Waals surface area contributed by atoms with Gasteiger partial charge in [0.05, 0.1) is 6.54 Å². The summed E-state index contributed by atoms with van der Waals surface area (Å²) < 4.78 is 0. The van der Waals surface area contributed by atoms with E-state index in [0.717, 1.165) is 57.3 Å². The Kier molecular flexibility index (Phi) is 8.34. The summed E-state index contributed by atoms with van der Waals surface area (Å²) in [7, 11) is 2.19. The molecule has 0 saturated carbocycles. The predicted octanol–water partition coefficient (Wildman–Crippen LogP) is 1.39. The van der Waals surface area contributed by atoms with Gasteiger partial charge in [0.15, 0.2) is 5.96 Å². The zero-order valence-electron chi connectivity index (χ0n) is 16.7. The van der Waals surface area contributed by atoms with E-state index in [2.05, 4.69) is 46.3 Å². The van der Waals surface area contributed by atoms with Crippen LogP contribution >= 0.6 is 11.3 Å². The standard InChI is InChI=1S/C19H35N5OS/c1-5-20-18(22-15-19(3,25)17-6-11-26-14-17)21-12-16(2)13-24-9-7-23(4)8-10-24/h6,11,14,16,25H,5,7-10,12-13,15H2,1-4H3,(H2,20,21,22). The smallest absolute Gasteiger partial charge is 0.191 e. The Morgan fingerprint density at radius 3 is 2.69 bits per heavy atom. The fourth-order valence-corrected chi connectivity index (χ4v) is 3.83. The zero-order chi connectivity index (χ0) is 19.0. The zero-order valence-corrected chi connectivity index (χ0v) is 17.5. The first-order valence-electron chi connectivity index (χ1n) is 9.59. The molecule has 1 fully saturated rings. The molecular weight excluding hydrogens is 346 g/mol. The largest absolute Gasteiger partial charge is 0.383 e. The van der Waals surface area contributed by atoms with Crippen LogP contribution < -0.4 is 10.6 Å². The van der Waals surface area contributed by atoms with Gasteiger partial charge in [-0.2, -0.15) is 11.3 Å². The fourth-order valence-electron chi connectivity index (χ4n) is 3.04. The van der Waals surface area contributed by atoms with Gasteiger partial charge in [-0.15, -0.1) is 0 Å². The van der Waals surface area contributed by atoms with E-state index < -0.39 is 5.60 Å². The van der Waals surface area contributed by atoms with Crippen molar-refractivity contribution in [3.63, 3.8) is 0 Å². The van der Waals surface area contributed by atoms with Gasteiger partial charge < -0.3 is 25.5 Å². The molecule has 1 aliphatic heterocycles. The predicted molar refractivity (Wildman–Crippen MR) is 111 cm³/mol. The highest BCUT2D eigenvalue weighted by molar-refractivity contribution is 7.08. The van der Waals surface area contributed by atoms with Gasteiger partial charge in [-0.25, -0.2) is 4.99 Å². The highest BCUT2D eigenvalue weighted by Crippen LogP contribution is 2.23. The maximum absolute atomic E-state index is 10.6. The number of rotatable bonds is 8. The van der Waals surface area contributed by atoms with E-state index in [4.69, 9.17) is 0 Å². The lowest BCUT2D eigenvalue weighted by atomic mass is 10.00. The second kappa shape index (κ2) is 10.3. The van der Waals surface area contributed by atoms with Crippen molar-refractivity contribution in [2.75, 3.05) is 59.4 Å². The molecule has 0 bridgehead atoms. The van der Waals surface area contributed by atoms with Crippen molar-refractivity contribution >= 4 is 17.3 Å². The Balaban J connectivity index is 1.81. The lowest BCUT2D eigenvalue weighted by molar-refractivity contribution is 0.0677. The van der Waals surface area contributed by atoms with Crippen LogP contribution in [0.3, 0.4) is 0 Å². The van der Waals surface area contributed by atoms with Crippen molar-refractivity contribution in [1.82, 2.24) is 20.4 Å². The van der Waals surface area contributed by atoms with E-state index in [-0.39, 0.29) is 0 Å². The quantitative estimate of drug-likeness (QED) is 0.469. The first-order chi connectivity index (χ1) is 12.4. The third-order valence-corrected chi connectivity index (χ3v) is 5.50. The number of nitrogens with one attached hydrogen (secondary N) is 2. The Bertz CT molecular complexity index is 538. The summed E-state index contributed by atoms with van der Waals surface area (Å²) in [4.78, 5) is 9.52. The first kappa shape index (κ1) is 21.2. The fraction of sp³-hybridized carbons (Fsp3) is 0.737. The molecule has 2 heterocycles. The Labute approximate surface area is 162 Å². The molecule has 26 heavy (non-hydrogen) atoms. The molecular formula is C19H35N5OS. The molecule has 0 amide bonds. The molecule has 2 atom stereocenters. The van der Waals surface area contributed by atoms with E-state index >= 15 is 0 Å². The molecule has 148 valence electrons. The number of nitrogens with zero attached hydrogens (tertiary/aromatic N) is 3. The van der Waals surface area contributed by atoms with Crippen molar-refractivity contribution in [1.29, 1.82) is 0 Å². The third-order valence-electron chi connectivity index (χ3n) is 4.82. The van der Waals surface area contributed by atoms with Gasteiger partial charge >= 0.3 is 0 Å². The van der Waals surface area contributed by atoms with Crippen molar-refractivity contribution < 1.29 is 5.11 Å². The first-order valence-corrected chi connectivity index (χ1v) is 10.5. The van der Waals surface area contributed by atoms with Crippen LogP contribution in [-0.4, -0.2) is 80.3 Å². The van der Waals surface area contributed by atoms with E-state index in [1.54, 1.807) is 11.3 Å². The summed E-state index contributed by atoms with van der Waals surface area (Å²) in [5.74, 6) is 1.31. The second-order valence-electron chi connectivity index (χ2n) is 7.57. The summed E-state index contributed by atoms with van der Waals surface area (Å²) in [6, 6.07) is 1.96. The number of guanidine groups is 1. The Hall–Kier alpha value is -1.15. The molecule has 2 unspecified atom stereocenters. The van der Waals surface area contributed by atoms with Gasteiger partial charge in [0.1, 0.15) is 5.60 Å². The second-order valence-corrected chi connectivity index (χ2v) is 8.35. The summed E-state index contributed by atoms with van der Waals surface area (Å²) in [6.07, 6.45) is 0. The van der Waals surface area contributed by atoms with Crippen LogP contribution in [0.2, 0.25) is 0 Å². The minimum absolute atomic E-state index is 0.339. The van der Waals surface area contributed by atoms with Crippen LogP contribution in [0.1, 0.15) is 26.3 Å². The third kappa shape index (κ3) is 6.87. The number of likely N-dealkylation sites (N-methyl/N-ethyl adjacent to an activating group) is 1. The highest BCUT2D eigenvalue weighted by atomic mass is 32.1. The van der Waals surface area contributed by atoms with Crippen LogP contribution in [-0.2, 0) is 5.60 Å². The molecule has 6 nitrogen and oxygen atoms in total. The summed E-state index contributed by atoms with van der Waals surface area (Å²) in [6.45, 7) is 13.9. The van der Waals surface area contributed by atoms with Crippen LogP contribution in [0.15, 0.2) is 21.8 Å². The summed E-state index contributed by atoms with van der Waals surface area (Å²) in [5, 5.41) is 21.3. The minimum atomic E-state index is -0.937. The van der Waals surface area contributed by atoms with E-state index in [9.17, 15) is 5.11 Å². The number of aliphatic hydroxyl groups is 1. The lowest BCUT2D eigenvalue weighted by Gasteiger charge is -2.34. The SMILES string of the molecule is CCNC(=NCC(C)(O)c1ccsc1)NCC(C)CN1CCN(C)CC1. The van der Waals surface area contributed by atoms with Crippen LogP contribution in [0.4, 0.5) is 0 Å². The number of piperazine rings is 1. The van der Waals surface area contributed by atoms with Gasteiger partial charge in [-0.3, -0.25) is 0 Å². The maximum Gasteiger partial charge on any atom is 0.191 e. The maximum atomic E-state index is 10.6. The van der Waals surface area contributed by atoms with Gasteiger partial charge in [-0.05, 0) is 49.2 Å². The number of hydrogen-bond acceptors (Lipinski definition) is 5. The average molecular weight is 382 g/mol. The monoisotopic (exact) mass is 381 g/mol. The molecule has 0 spiro atoms. The van der Waals surface area contributed by atoms with Gasteiger partial charge in [0.25, 0.3) is 0 Å². The van der Waals surface area contributed by atoms with E-state index in [1.807, 2.05) is 23.8 Å². The van der Waals surface area contributed by atoms with Crippen molar-refractivity contribution in [2.45, 2.75) is 26.4 Å². The number of aliphatic imine (C=N–C) groups is 1. The van der Waals surface area contributed by atoms with Gasteiger partial charge in [-0.1, -0.05) is 6.92 Å². The van der Waals surface area contributed by atoms with Crippen LogP contribution in [0.25, 0.3) is 0 Å². The van der Waals surface area contributed by atoms with E-state index in [1.165, 1.54) is 0 Å². The van der Waals surface area contributed by atoms with Crippen molar-refractivity contribution in [3.8, 4) is 0 Å². The Morgan fingerprint density at radius 1 is 1.35 bits per heavy atom. The molecule has 1 aromatic heterocycles. The van der Waals surface area contributed by atoms with Crippen LogP contribution in [0.5, 0.6) is 0 Å². The van der Waals surface area contributed by atoms with E-state index in [0.29, 0.717) is 12.5 Å². The van der Waals surface area contributed by atoms with Crippen molar-refractivity contribution in [2.24, 2.45) is 10.9 Å². The topological polar surface area (TPSA) is 63.1 Å².